The van der Waals surface area contributed by atoms with Gasteiger partial charge in [0.2, 0.25) is 0 Å². The van der Waals surface area contributed by atoms with E-state index >= 15 is 0 Å². The first-order chi connectivity index (χ1) is 15.9. The van der Waals surface area contributed by atoms with Crippen LogP contribution in [0.3, 0.4) is 0 Å². The van der Waals surface area contributed by atoms with Crippen molar-refractivity contribution in [3.63, 3.8) is 0 Å². The van der Waals surface area contributed by atoms with Gasteiger partial charge in [0.15, 0.2) is 5.82 Å². The molecule has 5 rings (SSSR count). The van der Waals surface area contributed by atoms with Gasteiger partial charge < -0.3 is 9.72 Å². The van der Waals surface area contributed by atoms with Crippen molar-refractivity contribution in [3.8, 4) is 22.5 Å². The van der Waals surface area contributed by atoms with E-state index in [1.54, 1.807) is 35.6 Å². The zero-order chi connectivity index (χ0) is 23.0. The van der Waals surface area contributed by atoms with E-state index < -0.39 is 11.7 Å². The Morgan fingerprint density at radius 3 is 2.30 bits per heavy atom. The van der Waals surface area contributed by atoms with Gasteiger partial charge in [0, 0.05) is 35.4 Å². The lowest BCUT2D eigenvalue weighted by Crippen LogP contribution is -2.33. The van der Waals surface area contributed by atoms with E-state index in [0.717, 1.165) is 11.1 Å². The first-order valence-electron chi connectivity index (χ1n) is 10.6. The van der Waals surface area contributed by atoms with Gasteiger partial charge >= 0.3 is 6.09 Å². The minimum absolute atomic E-state index is 0.216. The molecule has 1 aliphatic heterocycles. The average Bonchev–Trinajstić information content (AvgIpc) is 3.08. The average molecular weight is 438 g/mol. The molecule has 0 radical (unpaired) electrons. The third kappa shape index (κ3) is 3.78. The molecule has 2 aromatic carbocycles. The Hall–Kier alpha value is -4.26. The van der Waals surface area contributed by atoms with E-state index in [4.69, 9.17) is 4.74 Å². The lowest BCUT2D eigenvalue weighted by atomic mass is 9.91. The van der Waals surface area contributed by atoms with Crippen LogP contribution < -0.4 is 10.5 Å². The van der Waals surface area contributed by atoms with Crippen LogP contribution in [0.5, 0.6) is 0 Å². The van der Waals surface area contributed by atoms with E-state index in [1.807, 2.05) is 68.4 Å². The molecular formula is C26H22N4O3. The van der Waals surface area contributed by atoms with Gasteiger partial charge in [0.25, 0.3) is 5.56 Å². The molecule has 1 fully saturated rings. The number of nitrogens with one attached hydrogen (secondary N) is 1. The maximum atomic E-state index is 12.8. The first-order valence-corrected chi connectivity index (χ1v) is 10.6. The highest BCUT2D eigenvalue weighted by molar-refractivity contribution is 5.92. The zero-order valence-electron chi connectivity index (χ0n) is 18.2. The monoisotopic (exact) mass is 438 g/mol. The quantitative estimate of drug-likeness (QED) is 0.486. The van der Waals surface area contributed by atoms with Gasteiger partial charge in [0.05, 0.1) is 0 Å². The molecule has 164 valence electrons. The minimum atomic E-state index is -0.696. The highest BCUT2D eigenvalue weighted by Crippen LogP contribution is 2.43. The largest absolute Gasteiger partial charge is 0.441 e. The van der Waals surface area contributed by atoms with Crippen molar-refractivity contribution in [1.82, 2.24) is 15.0 Å². The fourth-order valence-electron chi connectivity index (χ4n) is 4.26. The Kier molecular flexibility index (Phi) is 5.01. The SMILES string of the molecule is CC1(C)OC(=O)N(c2ccc(-c3cc(-c4ncccn4)c[nH]c3=O)cc2)C1c1ccccc1. The Morgan fingerprint density at radius 2 is 1.61 bits per heavy atom. The molecule has 0 bridgehead atoms. The predicted octanol–water partition coefficient (Wildman–Crippen LogP) is 4.98. The van der Waals surface area contributed by atoms with Crippen LogP contribution in [0.15, 0.2) is 90.1 Å². The number of H-pyrrole nitrogens is 1. The number of rotatable bonds is 4. The van der Waals surface area contributed by atoms with Crippen molar-refractivity contribution in [2.75, 3.05) is 4.90 Å². The van der Waals surface area contributed by atoms with Crippen LogP contribution in [0.1, 0.15) is 25.5 Å². The molecule has 1 saturated heterocycles. The number of pyridine rings is 1. The summed E-state index contributed by atoms with van der Waals surface area (Å²) in [6.45, 7) is 3.82. The van der Waals surface area contributed by atoms with Gasteiger partial charge in [-0.15, -0.1) is 0 Å². The zero-order valence-corrected chi connectivity index (χ0v) is 18.2. The molecule has 1 atom stereocenters. The van der Waals surface area contributed by atoms with Crippen molar-refractivity contribution < 1.29 is 9.53 Å². The Bertz CT molecular complexity index is 1350. The van der Waals surface area contributed by atoms with Gasteiger partial charge in [0.1, 0.15) is 11.6 Å². The molecule has 33 heavy (non-hydrogen) atoms. The van der Waals surface area contributed by atoms with Gasteiger partial charge in [-0.2, -0.15) is 0 Å². The number of aromatic nitrogens is 3. The van der Waals surface area contributed by atoms with Crippen LogP contribution in [0.2, 0.25) is 0 Å². The minimum Gasteiger partial charge on any atom is -0.441 e. The first kappa shape index (κ1) is 20.6. The van der Waals surface area contributed by atoms with Gasteiger partial charge in [-0.25, -0.2) is 14.8 Å². The Labute approximate surface area is 190 Å². The number of cyclic esters (lactones) is 1. The number of hydrogen-bond acceptors (Lipinski definition) is 5. The molecule has 7 heteroatoms. The normalized spacial score (nSPS) is 17.1. The molecule has 1 amide bonds. The molecule has 0 aliphatic carbocycles. The number of anilines is 1. The summed E-state index contributed by atoms with van der Waals surface area (Å²) in [7, 11) is 0. The van der Waals surface area contributed by atoms with Gasteiger partial charge in [-0.1, -0.05) is 42.5 Å². The molecule has 7 nitrogen and oxygen atoms in total. The van der Waals surface area contributed by atoms with Gasteiger partial charge in [-0.3, -0.25) is 9.69 Å². The highest BCUT2D eigenvalue weighted by Gasteiger charge is 2.49. The summed E-state index contributed by atoms with van der Waals surface area (Å²) in [6, 6.07) is 20.4. The number of nitrogens with zero attached hydrogens (tertiary/aromatic N) is 3. The second kappa shape index (κ2) is 8.02. The third-order valence-electron chi connectivity index (χ3n) is 5.76. The lowest BCUT2D eigenvalue weighted by Gasteiger charge is -2.29. The maximum Gasteiger partial charge on any atom is 0.415 e. The van der Waals surface area contributed by atoms with Crippen LogP contribution in [0, 0.1) is 0 Å². The molecule has 1 aliphatic rings. The highest BCUT2D eigenvalue weighted by atomic mass is 16.6. The fourth-order valence-corrected chi connectivity index (χ4v) is 4.26. The number of ether oxygens (including phenoxy) is 1. The summed E-state index contributed by atoms with van der Waals surface area (Å²) in [5.74, 6) is 0.527. The molecule has 4 aromatic rings. The molecule has 1 unspecified atom stereocenters. The Balaban J connectivity index is 1.51. The number of benzene rings is 2. The Morgan fingerprint density at radius 1 is 0.909 bits per heavy atom. The second-order valence-corrected chi connectivity index (χ2v) is 8.41. The number of carbonyl (C=O) groups excluding carboxylic acids is 1. The number of hydrogen-bond donors (Lipinski definition) is 1. The molecule has 1 N–H and O–H groups in total. The summed E-state index contributed by atoms with van der Waals surface area (Å²) >= 11 is 0. The van der Waals surface area contributed by atoms with E-state index in [9.17, 15) is 9.59 Å². The molecule has 2 aromatic heterocycles. The standard InChI is InChI=1S/C26H22N4O3/c1-26(2)22(18-7-4-3-5-8-18)30(25(32)33-26)20-11-9-17(10-12-20)21-15-19(16-29-24(21)31)23-27-13-6-14-28-23/h3-16,22H,1-2H3,(H,29,31). The smallest absolute Gasteiger partial charge is 0.415 e. The van der Waals surface area contributed by atoms with Crippen molar-refractivity contribution in [1.29, 1.82) is 0 Å². The van der Waals surface area contributed by atoms with Crippen LogP contribution in [-0.2, 0) is 4.74 Å². The second-order valence-electron chi connectivity index (χ2n) is 8.41. The van der Waals surface area contributed by atoms with Crippen molar-refractivity contribution in [2.24, 2.45) is 0 Å². The van der Waals surface area contributed by atoms with Crippen LogP contribution in [-0.4, -0.2) is 26.6 Å². The van der Waals surface area contributed by atoms with E-state index in [1.165, 1.54) is 0 Å². The number of aromatic amines is 1. The van der Waals surface area contributed by atoms with Crippen LogP contribution in [0.4, 0.5) is 10.5 Å². The third-order valence-corrected chi connectivity index (χ3v) is 5.76. The molecule has 0 saturated carbocycles. The fraction of sp³-hybridized carbons (Fsp3) is 0.154. The van der Waals surface area contributed by atoms with E-state index in [-0.39, 0.29) is 11.6 Å². The van der Waals surface area contributed by atoms with Crippen molar-refractivity contribution in [3.05, 3.63) is 101 Å². The van der Waals surface area contributed by atoms with Crippen molar-refractivity contribution in [2.45, 2.75) is 25.5 Å². The summed E-state index contributed by atoms with van der Waals surface area (Å²) in [6.07, 6.45) is 4.51. The summed E-state index contributed by atoms with van der Waals surface area (Å²) in [5, 5.41) is 0. The lowest BCUT2D eigenvalue weighted by molar-refractivity contribution is 0.0685. The molecular weight excluding hydrogens is 416 g/mol. The summed E-state index contributed by atoms with van der Waals surface area (Å²) < 4.78 is 5.70. The molecule has 3 heterocycles. The van der Waals surface area contributed by atoms with Crippen LogP contribution >= 0.6 is 0 Å². The predicted molar refractivity (Wildman–Crippen MR) is 126 cm³/mol. The van der Waals surface area contributed by atoms with Gasteiger partial charge in [-0.05, 0) is 49.2 Å². The topological polar surface area (TPSA) is 88.2 Å². The van der Waals surface area contributed by atoms with E-state index in [0.29, 0.717) is 22.6 Å². The summed E-state index contributed by atoms with van der Waals surface area (Å²) in [4.78, 5) is 38.3. The molecule has 0 spiro atoms. The maximum absolute atomic E-state index is 12.8. The number of carbonyl (C=O) groups is 1. The van der Waals surface area contributed by atoms with Crippen molar-refractivity contribution >= 4 is 11.8 Å². The van der Waals surface area contributed by atoms with E-state index in [2.05, 4.69) is 15.0 Å². The summed E-state index contributed by atoms with van der Waals surface area (Å²) in [5.41, 5.74) is 2.70. The number of amides is 1. The van der Waals surface area contributed by atoms with Crippen LogP contribution in [0.25, 0.3) is 22.5 Å².